The van der Waals surface area contributed by atoms with Crippen molar-refractivity contribution < 1.29 is 27.6 Å². The molecule has 232 valence electrons. The van der Waals surface area contributed by atoms with E-state index in [1.54, 1.807) is 18.2 Å². The third kappa shape index (κ3) is 8.24. The minimum Gasteiger partial charge on any atom is -0.367 e. The lowest BCUT2D eigenvalue weighted by Crippen LogP contribution is -2.41. The molecule has 9 nitrogen and oxygen atoms in total. The molecular formula is C32H29F3N6O3S. The van der Waals surface area contributed by atoms with Crippen molar-refractivity contribution in [2.24, 2.45) is 0 Å². The van der Waals surface area contributed by atoms with Crippen molar-refractivity contribution in [2.75, 3.05) is 5.32 Å². The molecule has 2 aromatic carbocycles. The van der Waals surface area contributed by atoms with Gasteiger partial charge in [-0.1, -0.05) is 18.2 Å². The van der Waals surface area contributed by atoms with E-state index < -0.39 is 35.2 Å². The number of nitrogens with one attached hydrogen (secondary N) is 4. The Morgan fingerprint density at radius 1 is 0.911 bits per heavy atom. The molecule has 0 bridgehead atoms. The second-order valence-corrected chi connectivity index (χ2v) is 11.4. The fraction of sp³-hybridized carbons (Fsp3) is 0.219. The maximum absolute atomic E-state index is 13.6. The summed E-state index contributed by atoms with van der Waals surface area (Å²) in [4.78, 5) is 43.5. The van der Waals surface area contributed by atoms with Crippen LogP contribution >= 0.6 is 11.3 Å². The smallest absolute Gasteiger partial charge is 0.272 e. The molecule has 2 heterocycles. The molecular weight excluding hydrogens is 605 g/mol. The van der Waals surface area contributed by atoms with Gasteiger partial charge in [-0.3, -0.25) is 25.2 Å². The average molecular weight is 635 g/mol. The van der Waals surface area contributed by atoms with Crippen LogP contribution in [0.3, 0.4) is 0 Å². The lowest BCUT2D eigenvalue weighted by molar-refractivity contribution is -0.119. The van der Waals surface area contributed by atoms with Crippen LogP contribution in [0.1, 0.15) is 63.2 Å². The van der Waals surface area contributed by atoms with Crippen molar-refractivity contribution in [1.29, 1.82) is 5.26 Å². The number of nitriles is 1. The SMILES string of the molecule is CC(=O)NNC(=O)c1c(CCc2ccc(F)cc2)nc(NC(C)C)c(C#N)c1-c1ccc(C(=O)NCc2ccc(F)c(F)c2)s1. The van der Waals surface area contributed by atoms with E-state index in [9.17, 15) is 32.8 Å². The number of hydrogen-bond donors (Lipinski definition) is 4. The Labute approximate surface area is 261 Å². The number of hydrogen-bond acceptors (Lipinski definition) is 7. The molecule has 2 aromatic heterocycles. The molecule has 4 aromatic rings. The van der Waals surface area contributed by atoms with Crippen molar-refractivity contribution in [1.82, 2.24) is 21.2 Å². The highest BCUT2D eigenvalue weighted by atomic mass is 32.1. The summed E-state index contributed by atoms with van der Waals surface area (Å²) in [6.07, 6.45) is 0.592. The number of aryl methyl sites for hydroxylation is 2. The van der Waals surface area contributed by atoms with Gasteiger partial charge in [0, 0.05) is 30.0 Å². The highest BCUT2D eigenvalue weighted by Gasteiger charge is 2.28. The largest absolute Gasteiger partial charge is 0.367 e. The molecule has 0 spiro atoms. The minimum atomic E-state index is -1.03. The lowest BCUT2D eigenvalue weighted by Gasteiger charge is -2.20. The first-order valence-electron chi connectivity index (χ1n) is 13.8. The molecule has 0 aliphatic carbocycles. The van der Waals surface area contributed by atoms with E-state index >= 15 is 0 Å². The third-order valence-corrected chi connectivity index (χ3v) is 7.57. The number of benzene rings is 2. The van der Waals surface area contributed by atoms with Crippen LogP contribution in [0.4, 0.5) is 19.0 Å². The van der Waals surface area contributed by atoms with E-state index in [1.807, 2.05) is 13.8 Å². The predicted octanol–water partition coefficient (Wildman–Crippen LogP) is 5.42. The summed E-state index contributed by atoms with van der Waals surface area (Å²) in [6.45, 7) is 4.87. The van der Waals surface area contributed by atoms with Gasteiger partial charge in [0.25, 0.3) is 11.8 Å². The molecule has 4 rings (SSSR count). The molecule has 0 aliphatic rings. The normalized spacial score (nSPS) is 10.7. The van der Waals surface area contributed by atoms with E-state index in [-0.39, 0.29) is 46.4 Å². The summed E-state index contributed by atoms with van der Waals surface area (Å²) < 4.78 is 40.4. The summed E-state index contributed by atoms with van der Waals surface area (Å²) in [5, 5.41) is 16.1. The van der Waals surface area contributed by atoms with Crippen LogP contribution in [0.15, 0.2) is 54.6 Å². The summed E-state index contributed by atoms with van der Waals surface area (Å²) in [5.41, 5.74) is 6.33. The average Bonchev–Trinajstić information content (AvgIpc) is 3.49. The van der Waals surface area contributed by atoms with Gasteiger partial charge in [0.1, 0.15) is 23.3 Å². The van der Waals surface area contributed by atoms with Crippen molar-refractivity contribution in [3.8, 4) is 16.5 Å². The molecule has 0 saturated carbocycles. The number of rotatable bonds is 10. The molecule has 0 unspecified atom stereocenters. The Balaban J connectivity index is 1.78. The van der Waals surface area contributed by atoms with Gasteiger partial charge in [-0.25, -0.2) is 18.2 Å². The Hall–Kier alpha value is -5.22. The minimum absolute atomic E-state index is 0.0207. The topological polar surface area (TPSA) is 136 Å². The summed E-state index contributed by atoms with van der Waals surface area (Å²) in [5.74, 6) is -3.96. The maximum Gasteiger partial charge on any atom is 0.272 e. The van der Waals surface area contributed by atoms with Crippen LogP contribution in [0.2, 0.25) is 0 Å². The lowest BCUT2D eigenvalue weighted by atomic mass is 9.95. The zero-order valence-corrected chi connectivity index (χ0v) is 25.4. The Kier molecular flexibility index (Phi) is 10.5. The van der Waals surface area contributed by atoms with Crippen LogP contribution in [-0.4, -0.2) is 28.7 Å². The van der Waals surface area contributed by atoms with Crippen LogP contribution in [0.25, 0.3) is 10.4 Å². The van der Waals surface area contributed by atoms with Crippen LogP contribution in [-0.2, 0) is 24.2 Å². The zero-order chi connectivity index (χ0) is 32.7. The fourth-order valence-electron chi connectivity index (χ4n) is 4.43. The van der Waals surface area contributed by atoms with Gasteiger partial charge < -0.3 is 10.6 Å². The number of carbonyl (C=O) groups is 3. The van der Waals surface area contributed by atoms with E-state index in [1.165, 1.54) is 31.2 Å². The van der Waals surface area contributed by atoms with Crippen LogP contribution in [0.5, 0.6) is 0 Å². The number of aromatic nitrogens is 1. The third-order valence-electron chi connectivity index (χ3n) is 6.47. The van der Waals surface area contributed by atoms with E-state index in [2.05, 4.69) is 32.5 Å². The van der Waals surface area contributed by atoms with Crippen molar-refractivity contribution in [3.63, 3.8) is 0 Å². The second-order valence-electron chi connectivity index (χ2n) is 10.3. The van der Waals surface area contributed by atoms with E-state index in [0.29, 0.717) is 22.6 Å². The van der Waals surface area contributed by atoms with Crippen molar-refractivity contribution in [2.45, 2.75) is 46.2 Å². The number of halogens is 3. The molecule has 0 fully saturated rings. The predicted molar refractivity (Wildman–Crippen MR) is 164 cm³/mol. The maximum atomic E-state index is 13.6. The van der Waals surface area contributed by atoms with Gasteiger partial charge in [0.2, 0.25) is 5.91 Å². The van der Waals surface area contributed by atoms with Crippen LogP contribution < -0.4 is 21.5 Å². The summed E-state index contributed by atoms with van der Waals surface area (Å²) in [7, 11) is 0. The number of thiophene rings is 1. The number of pyridine rings is 1. The second kappa shape index (κ2) is 14.5. The summed E-state index contributed by atoms with van der Waals surface area (Å²) >= 11 is 1.01. The number of nitrogens with zero attached hydrogens (tertiary/aromatic N) is 2. The molecule has 45 heavy (non-hydrogen) atoms. The van der Waals surface area contributed by atoms with Gasteiger partial charge in [-0.15, -0.1) is 11.3 Å². The van der Waals surface area contributed by atoms with E-state index in [0.717, 1.165) is 29.0 Å². The number of anilines is 1. The van der Waals surface area contributed by atoms with Gasteiger partial charge in [-0.05, 0) is 74.2 Å². The molecule has 0 aliphatic heterocycles. The van der Waals surface area contributed by atoms with Gasteiger partial charge >= 0.3 is 0 Å². The Morgan fingerprint density at radius 3 is 2.27 bits per heavy atom. The Bertz CT molecular complexity index is 1780. The van der Waals surface area contributed by atoms with E-state index in [4.69, 9.17) is 0 Å². The quantitative estimate of drug-likeness (QED) is 0.172. The van der Waals surface area contributed by atoms with Crippen molar-refractivity contribution in [3.05, 3.63) is 105 Å². The molecule has 0 atom stereocenters. The number of amides is 3. The first-order chi connectivity index (χ1) is 21.5. The zero-order valence-electron chi connectivity index (χ0n) is 24.6. The molecule has 13 heteroatoms. The fourth-order valence-corrected chi connectivity index (χ4v) is 5.41. The van der Waals surface area contributed by atoms with Crippen LogP contribution in [0, 0.1) is 28.8 Å². The van der Waals surface area contributed by atoms with Crippen molar-refractivity contribution >= 4 is 34.9 Å². The van der Waals surface area contributed by atoms with Gasteiger partial charge in [0.15, 0.2) is 11.6 Å². The molecule has 0 saturated heterocycles. The Morgan fingerprint density at radius 2 is 1.62 bits per heavy atom. The van der Waals surface area contributed by atoms with Gasteiger partial charge in [-0.2, -0.15) is 5.26 Å². The first kappa shape index (κ1) is 32.7. The number of hydrazine groups is 1. The number of carbonyl (C=O) groups excluding carboxylic acids is 3. The standard InChI is InChI=1S/C32H29F3N6O3S/c1-17(2)38-30-22(15-36)28(26-12-13-27(45-26)31(43)37-16-20-6-10-23(34)24(35)14-20)29(32(44)41-40-18(3)42)25(39-30)11-7-19-4-8-21(33)9-5-19/h4-6,8-10,12-14,17H,7,11,16H2,1-3H3,(H,37,43)(H,38,39)(H,40,42)(H,41,44). The highest BCUT2D eigenvalue weighted by molar-refractivity contribution is 7.17. The highest BCUT2D eigenvalue weighted by Crippen LogP contribution is 2.38. The molecule has 0 radical (unpaired) electrons. The van der Waals surface area contributed by atoms with Gasteiger partial charge in [0.05, 0.1) is 16.1 Å². The monoisotopic (exact) mass is 634 g/mol. The molecule has 3 amide bonds. The summed E-state index contributed by atoms with van der Waals surface area (Å²) in [6, 6.07) is 14.3. The molecule has 4 N–H and O–H groups in total. The first-order valence-corrected chi connectivity index (χ1v) is 14.7.